The zero-order chi connectivity index (χ0) is 12.3. The van der Waals surface area contributed by atoms with Crippen molar-refractivity contribution in [1.82, 2.24) is 9.88 Å². The molecule has 0 atom stereocenters. The SMILES string of the molecule is CCNC(=O)OCc1cn(C)c2ccccc12. The van der Waals surface area contributed by atoms with Gasteiger partial charge in [0, 0.05) is 36.3 Å². The predicted molar refractivity (Wildman–Crippen MR) is 66.8 cm³/mol. The number of benzene rings is 1. The van der Waals surface area contributed by atoms with Crippen molar-refractivity contribution in [3.63, 3.8) is 0 Å². The van der Waals surface area contributed by atoms with Gasteiger partial charge in [-0.15, -0.1) is 0 Å². The number of nitrogens with one attached hydrogen (secondary N) is 1. The van der Waals surface area contributed by atoms with Gasteiger partial charge in [-0.2, -0.15) is 0 Å². The van der Waals surface area contributed by atoms with E-state index in [9.17, 15) is 4.79 Å². The first-order valence-electron chi connectivity index (χ1n) is 5.66. The Hall–Kier alpha value is -1.97. The maximum atomic E-state index is 11.2. The maximum absolute atomic E-state index is 11.2. The Morgan fingerprint density at radius 3 is 2.94 bits per heavy atom. The molecule has 0 saturated carbocycles. The summed E-state index contributed by atoms with van der Waals surface area (Å²) in [6, 6.07) is 8.06. The molecular weight excluding hydrogens is 216 g/mol. The predicted octanol–water partition coefficient (Wildman–Crippen LogP) is 2.42. The molecule has 1 amide bonds. The standard InChI is InChI=1S/C13H16N2O2/c1-3-14-13(16)17-9-10-8-15(2)12-7-5-4-6-11(10)12/h4-8H,3,9H2,1-2H3,(H,14,16). The van der Waals surface area contributed by atoms with Gasteiger partial charge in [0.05, 0.1) is 0 Å². The summed E-state index contributed by atoms with van der Waals surface area (Å²) >= 11 is 0. The van der Waals surface area contributed by atoms with Gasteiger partial charge >= 0.3 is 6.09 Å². The van der Waals surface area contributed by atoms with E-state index in [-0.39, 0.29) is 6.09 Å². The fraction of sp³-hybridized carbons (Fsp3) is 0.308. The molecule has 4 heteroatoms. The summed E-state index contributed by atoms with van der Waals surface area (Å²) < 4.78 is 7.16. The number of carbonyl (C=O) groups is 1. The van der Waals surface area contributed by atoms with Crippen LogP contribution in [0.2, 0.25) is 0 Å². The molecule has 0 spiro atoms. The third-order valence-corrected chi connectivity index (χ3v) is 2.66. The van der Waals surface area contributed by atoms with Gasteiger partial charge in [0.2, 0.25) is 0 Å². The fourth-order valence-corrected chi connectivity index (χ4v) is 1.88. The molecule has 0 bridgehead atoms. The molecule has 0 aliphatic heterocycles. The monoisotopic (exact) mass is 232 g/mol. The number of aryl methyl sites for hydroxylation is 1. The van der Waals surface area contributed by atoms with E-state index < -0.39 is 0 Å². The van der Waals surface area contributed by atoms with Gasteiger partial charge in [-0.1, -0.05) is 18.2 Å². The topological polar surface area (TPSA) is 43.3 Å². The van der Waals surface area contributed by atoms with Gasteiger partial charge in [0.1, 0.15) is 6.61 Å². The van der Waals surface area contributed by atoms with Crippen LogP contribution in [-0.4, -0.2) is 17.2 Å². The van der Waals surface area contributed by atoms with Crippen molar-refractivity contribution in [2.75, 3.05) is 6.54 Å². The van der Waals surface area contributed by atoms with E-state index in [1.54, 1.807) is 0 Å². The van der Waals surface area contributed by atoms with Crippen LogP contribution in [0.5, 0.6) is 0 Å². The zero-order valence-corrected chi connectivity index (χ0v) is 10.1. The minimum absolute atomic E-state index is 0.299. The van der Waals surface area contributed by atoms with E-state index in [4.69, 9.17) is 4.74 Å². The van der Waals surface area contributed by atoms with Crippen LogP contribution in [0.4, 0.5) is 4.79 Å². The van der Waals surface area contributed by atoms with E-state index in [0.717, 1.165) is 16.5 Å². The Bertz CT molecular complexity index is 531. The van der Waals surface area contributed by atoms with Crippen LogP contribution in [-0.2, 0) is 18.4 Å². The van der Waals surface area contributed by atoms with E-state index >= 15 is 0 Å². The number of para-hydroxylation sites is 1. The number of fused-ring (bicyclic) bond motifs is 1. The summed E-state index contributed by atoms with van der Waals surface area (Å²) in [5, 5.41) is 3.73. The first-order chi connectivity index (χ1) is 8.22. The molecule has 0 aliphatic carbocycles. The second-order valence-electron chi connectivity index (χ2n) is 3.89. The van der Waals surface area contributed by atoms with Crippen LogP contribution >= 0.6 is 0 Å². The smallest absolute Gasteiger partial charge is 0.407 e. The molecule has 2 aromatic rings. The summed E-state index contributed by atoms with van der Waals surface area (Å²) in [6.45, 7) is 2.74. The molecule has 2 rings (SSSR count). The lowest BCUT2D eigenvalue weighted by atomic mass is 10.2. The number of rotatable bonds is 3. The molecule has 1 N–H and O–H groups in total. The molecule has 17 heavy (non-hydrogen) atoms. The summed E-state index contributed by atoms with van der Waals surface area (Å²) in [4.78, 5) is 11.2. The molecule has 0 unspecified atom stereocenters. The molecule has 0 saturated heterocycles. The third kappa shape index (κ3) is 2.41. The van der Waals surface area contributed by atoms with E-state index in [0.29, 0.717) is 13.2 Å². The highest BCUT2D eigenvalue weighted by molar-refractivity contribution is 5.84. The Morgan fingerprint density at radius 2 is 2.18 bits per heavy atom. The second kappa shape index (κ2) is 4.91. The lowest BCUT2D eigenvalue weighted by Crippen LogP contribution is -2.23. The molecule has 1 aromatic heterocycles. The molecule has 4 nitrogen and oxygen atoms in total. The molecular formula is C13H16N2O2. The number of hydrogen-bond acceptors (Lipinski definition) is 2. The zero-order valence-electron chi connectivity index (χ0n) is 10.1. The van der Waals surface area contributed by atoms with Crippen LogP contribution in [0.15, 0.2) is 30.5 Å². The summed E-state index contributed by atoms with van der Waals surface area (Å²) in [5.41, 5.74) is 2.16. The summed E-state index contributed by atoms with van der Waals surface area (Å²) in [5.74, 6) is 0. The largest absolute Gasteiger partial charge is 0.445 e. The maximum Gasteiger partial charge on any atom is 0.407 e. The number of hydrogen-bond donors (Lipinski definition) is 1. The van der Waals surface area contributed by atoms with Crippen LogP contribution in [0, 0.1) is 0 Å². The van der Waals surface area contributed by atoms with Gasteiger partial charge in [0.15, 0.2) is 0 Å². The number of nitrogens with zero attached hydrogens (tertiary/aromatic N) is 1. The summed E-state index contributed by atoms with van der Waals surface area (Å²) in [6.07, 6.45) is 1.62. The number of amides is 1. The van der Waals surface area contributed by atoms with Crippen molar-refractivity contribution < 1.29 is 9.53 Å². The highest BCUT2D eigenvalue weighted by Gasteiger charge is 2.07. The molecule has 1 heterocycles. The van der Waals surface area contributed by atoms with Crippen LogP contribution in [0.25, 0.3) is 10.9 Å². The van der Waals surface area contributed by atoms with Gasteiger partial charge in [-0.05, 0) is 13.0 Å². The number of ether oxygens (including phenoxy) is 1. The molecule has 0 aliphatic rings. The Morgan fingerprint density at radius 1 is 1.41 bits per heavy atom. The second-order valence-corrected chi connectivity index (χ2v) is 3.89. The van der Waals surface area contributed by atoms with Gasteiger partial charge in [0.25, 0.3) is 0 Å². The van der Waals surface area contributed by atoms with Crippen molar-refractivity contribution in [1.29, 1.82) is 0 Å². The minimum Gasteiger partial charge on any atom is -0.445 e. The van der Waals surface area contributed by atoms with Gasteiger partial charge < -0.3 is 14.6 Å². The van der Waals surface area contributed by atoms with Crippen LogP contribution < -0.4 is 5.32 Å². The Balaban J connectivity index is 2.16. The lowest BCUT2D eigenvalue weighted by Gasteiger charge is -2.03. The van der Waals surface area contributed by atoms with Crippen LogP contribution in [0.1, 0.15) is 12.5 Å². The van der Waals surface area contributed by atoms with Crippen molar-refractivity contribution in [3.8, 4) is 0 Å². The summed E-state index contributed by atoms with van der Waals surface area (Å²) in [7, 11) is 1.98. The average Bonchev–Trinajstić information content (AvgIpc) is 2.65. The third-order valence-electron chi connectivity index (χ3n) is 2.66. The first-order valence-corrected chi connectivity index (χ1v) is 5.66. The van der Waals surface area contributed by atoms with Crippen LogP contribution in [0.3, 0.4) is 0 Å². The average molecular weight is 232 g/mol. The Labute approximate surface area is 100 Å². The van der Waals surface area contributed by atoms with E-state index in [2.05, 4.69) is 5.32 Å². The van der Waals surface area contributed by atoms with E-state index in [1.807, 2.05) is 49.0 Å². The van der Waals surface area contributed by atoms with Crippen molar-refractivity contribution in [3.05, 3.63) is 36.0 Å². The number of alkyl carbamates (subject to hydrolysis) is 1. The molecule has 0 fully saturated rings. The quantitative estimate of drug-likeness (QED) is 0.883. The Kier molecular flexibility index (Phi) is 3.32. The van der Waals surface area contributed by atoms with Gasteiger partial charge in [-0.25, -0.2) is 4.79 Å². The lowest BCUT2D eigenvalue weighted by molar-refractivity contribution is 0.140. The number of carbonyl (C=O) groups excluding carboxylic acids is 1. The normalized spacial score (nSPS) is 10.5. The highest BCUT2D eigenvalue weighted by Crippen LogP contribution is 2.20. The molecule has 0 radical (unpaired) electrons. The van der Waals surface area contributed by atoms with Crippen molar-refractivity contribution in [2.24, 2.45) is 7.05 Å². The van der Waals surface area contributed by atoms with Crippen molar-refractivity contribution in [2.45, 2.75) is 13.5 Å². The van der Waals surface area contributed by atoms with Crippen molar-refractivity contribution >= 4 is 17.0 Å². The fourth-order valence-electron chi connectivity index (χ4n) is 1.88. The van der Waals surface area contributed by atoms with Gasteiger partial charge in [-0.3, -0.25) is 0 Å². The highest BCUT2D eigenvalue weighted by atomic mass is 16.5. The van der Waals surface area contributed by atoms with E-state index in [1.165, 1.54) is 0 Å². The first kappa shape index (κ1) is 11.5. The molecule has 1 aromatic carbocycles. The minimum atomic E-state index is -0.375. The number of aromatic nitrogens is 1. The molecule has 90 valence electrons.